The maximum atomic E-state index is 5.87. The zero-order valence-electron chi connectivity index (χ0n) is 12.2. The molecule has 0 radical (unpaired) electrons. The summed E-state index contributed by atoms with van der Waals surface area (Å²) in [4.78, 5) is 7.01. The first kappa shape index (κ1) is 14.6. The molecule has 0 amide bonds. The van der Waals surface area contributed by atoms with Crippen molar-refractivity contribution in [2.24, 2.45) is 16.6 Å². The molecule has 0 bridgehead atoms. The van der Waals surface area contributed by atoms with Gasteiger partial charge in [-0.1, -0.05) is 19.3 Å². The first-order valence-corrected chi connectivity index (χ1v) is 8.11. The Kier molecular flexibility index (Phi) is 6.48. The van der Waals surface area contributed by atoms with Gasteiger partial charge in [-0.15, -0.1) is 0 Å². The van der Waals surface area contributed by atoms with Crippen LogP contribution in [0.5, 0.6) is 0 Å². The smallest absolute Gasteiger partial charge is 0.188 e. The van der Waals surface area contributed by atoms with E-state index in [1.54, 1.807) is 0 Å². The lowest BCUT2D eigenvalue weighted by molar-refractivity contribution is 0.282. The number of likely N-dealkylation sites (tertiary alicyclic amines) is 1. The van der Waals surface area contributed by atoms with E-state index in [1.807, 2.05) is 0 Å². The van der Waals surface area contributed by atoms with Crippen molar-refractivity contribution in [3.05, 3.63) is 0 Å². The van der Waals surface area contributed by atoms with Crippen LogP contribution < -0.4 is 11.1 Å². The first-order chi connectivity index (χ1) is 9.34. The van der Waals surface area contributed by atoms with Crippen LogP contribution in [0.4, 0.5) is 0 Å². The number of hydrogen-bond donors (Lipinski definition) is 2. The van der Waals surface area contributed by atoms with Gasteiger partial charge in [0.2, 0.25) is 0 Å². The van der Waals surface area contributed by atoms with E-state index in [9.17, 15) is 0 Å². The fourth-order valence-electron chi connectivity index (χ4n) is 2.84. The van der Waals surface area contributed by atoms with Crippen molar-refractivity contribution in [2.75, 3.05) is 32.7 Å². The highest BCUT2D eigenvalue weighted by atomic mass is 15.1. The van der Waals surface area contributed by atoms with Crippen molar-refractivity contribution in [3.63, 3.8) is 0 Å². The summed E-state index contributed by atoms with van der Waals surface area (Å²) in [6.07, 6.45) is 10.8. The Morgan fingerprint density at radius 3 is 2.47 bits per heavy atom. The van der Waals surface area contributed by atoms with Gasteiger partial charge in [0.25, 0.3) is 0 Å². The molecule has 0 aromatic carbocycles. The van der Waals surface area contributed by atoms with E-state index in [-0.39, 0.29) is 0 Å². The van der Waals surface area contributed by atoms with Gasteiger partial charge in [0, 0.05) is 13.1 Å². The van der Waals surface area contributed by atoms with E-state index in [0.717, 1.165) is 19.0 Å². The Morgan fingerprint density at radius 2 is 1.84 bits per heavy atom. The van der Waals surface area contributed by atoms with Crippen molar-refractivity contribution in [3.8, 4) is 0 Å². The maximum absolute atomic E-state index is 5.87. The molecule has 2 rings (SSSR count). The quantitative estimate of drug-likeness (QED) is 0.439. The van der Waals surface area contributed by atoms with E-state index in [2.05, 4.69) is 15.2 Å². The van der Waals surface area contributed by atoms with Crippen LogP contribution >= 0.6 is 0 Å². The zero-order valence-corrected chi connectivity index (χ0v) is 12.2. The van der Waals surface area contributed by atoms with Crippen LogP contribution in [0.1, 0.15) is 51.4 Å². The van der Waals surface area contributed by atoms with E-state index in [1.165, 1.54) is 71.0 Å². The number of hydrogen-bond acceptors (Lipinski definition) is 2. The minimum Gasteiger partial charge on any atom is -0.370 e. The molecule has 1 aliphatic carbocycles. The van der Waals surface area contributed by atoms with Gasteiger partial charge >= 0.3 is 0 Å². The van der Waals surface area contributed by atoms with Crippen LogP contribution in [0.15, 0.2) is 4.99 Å². The summed E-state index contributed by atoms with van der Waals surface area (Å²) in [7, 11) is 0. The van der Waals surface area contributed by atoms with Crippen molar-refractivity contribution >= 4 is 5.96 Å². The van der Waals surface area contributed by atoms with Crippen molar-refractivity contribution in [2.45, 2.75) is 51.4 Å². The Labute approximate surface area is 117 Å². The number of aliphatic imine (C=N–C) groups is 1. The molecule has 4 heteroatoms. The van der Waals surface area contributed by atoms with Gasteiger partial charge in [-0.2, -0.15) is 0 Å². The maximum Gasteiger partial charge on any atom is 0.188 e. The lowest BCUT2D eigenvalue weighted by Gasteiger charge is -2.23. The first-order valence-electron chi connectivity index (χ1n) is 8.11. The molecule has 2 aliphatic rings. The van der Waals surface area contributed by atoms with Crippen LogP contribution in [0.2, 0.25) is 0 Å². The van der Waals surface area contributed by atoms with Gasteiger partial charge in [0.1, 0.15) is 0 Å². The monoisotopic (exact) mass is 266 g/mol. The number of nitrogens with one attached hydrogen (secondary N) is 1. The second-order valence-corrected chi connectivity index (χ2v) is 6.06. The average molecular weight is 266 g/mol. The standard InChI is InChI=1S/C15H30N4/c16-15(18-13-14-7-5-8-14)17-9-6-12-19-10-3-1-2-4-11-19/h14H,1-13H2,(H3,16,17,18). The summed E-state index contributed by atoms with van der Waals surface area (Å²) >= 11 is 0. The van der Waals surface area contributed by atoms with Gasteiger partial charge in [-0.05, 0) is 57.7 Å². The van der Waals surface area contributed by atoms with E-state index in [0.29, 0.717) is 5.96 Å². The highest BCUT2D eigenvalue weighted by Gasteiger charge is 2.16. The average Bonchev–Trinajstić information content (AvgIpc) is 2.61. The van der Waals surface area contributed by atoms with Crippen LogP contribution in [0.25, 0.3) is 0 Å². The highest BCUT2D eigenvalue weighted by Crippen LogP contribution is 2.26. The molecule has 0 aromatic heterocycles. The molecule has 4 nitrogen and oxygen atoms in total. The second-order valence-electron chi connectivity index (χ2n) is 6.06. The number of guanidine groups is 1. The molecule has 19 heavy (non-hydrogen) atoms. The lowest BCUT2D eigenvalue weighted by Crippen LogP contribution is -2.35. The van der Waals surface area contributed by atoms with Crippen molar-refractivity contribution in [1.29, 1.82) is 0 Å². The molecule has 2 fully saturated rings. The van der Waals surface area contributed by atoms with Gasteiger partial charge in [-0.3, -0.25) is 4.99 Å². The Balaban J connectivity index is 1.50. The summed E-state index contributed by atoms with van der Waals surface area (Å²) in [6, 6.07) is 0. The zero-order chi connectivity index (χ0) is 13.3. The largest absolute Gasteiger partial charge is 0.370 e. The third-order valence-corrected chi connectivity index (χ3v) is 4.40. The SMILES string of the molecule is NC(=NCC1CCC1)NCCCN1CCCCCC1. The summed E-state index contributed by atoms with van der Waals surface area (Å²) in [5.41, 5.74) is 5.87. The normalized spacial score (nSPS) is 22.8. The van der Waals surface area contributed by atoms with Crippen LogP contribution in [-0.4, -0.2) is 43.6 Å². The molecule has 3 N–H and O–H groups in total. The molecule has 0 spiro atoms. The third kappa shape index (κ3) is 5.81. The predicted molar refractivity (Wildman–Crippen MR) is 81.4 cm³/mol. The fourth-order valence-corrected chi connectivity index (χ4v) is 2.84. The van der Waals surface area contributed by atoms with Crippen LogP contribution in [0, 0.1) is 5.92 Å². The minimum absolute atomic E-state index is 0.641. The molecule has 0 atom stereocenters. The molecule has 110 valence electrons. The van der Waals surface area contributed by atoms with Gasteiger partial charge in [0.15, 0.2) is 5.96 Å². The number of nitrogens with two attached hydrogens (primary N) is 1. The number of nitrogens with zero attached hydrogens (tertiary/aromatic N) is 2. The van der Waals surface area contributed by atoms with E-state index in [4.69, 9.17) is 5.73 Å². The highest BCUT2D eigenvalue weighted by molar-refractivity contribution is 5.77. The summed E-state index contributed by atoms with van der Waals surface area (Å²) in [5, 5.41) is 3.24. The Bertz CT molecular complexity index is 265. The third-order valence-electron chi connectivity index (χ3n) is 4.40. The lowest BCUT2D eigenvalue weighted by atomic mass is 9.86. The molecular weight excluding hydrogens is 236 g/mol. The summed E-state index contributed by atoms with van der Waals surface area (Å²) in [6.45, 7) is 5.64. The van der Waals surface area contributed by atoms with Gasteiger partial charge < -0.3 is 16.0 Å². The molecular formula is C15H30N4. The summed E-state index contributed by atoms with van der Waals surface area (Å²) < 4.78 is 0. The van der Waals surface area contributed by atoms with E-state index >= 15 is 0 Å². The van der Waals surface area contributed by atoms with Gasteiger partial charge in [0.05, 0.1) is 0 Å². The fraction of sp³-hybridized carbons (Fsp3) is 0.933. The summed E-state index contributed by atoms with van der Waals surface area (Å²) in [5.74, 6) is 1.44. The molecule has 1 saturated carbocycles. The molecule has 1 saturated heterocycles. The minimum atomic E-state index is 0.641. The predicted octanol–water partition coefficient (Wildman–Crippen LogP) is 1.96. The topological polar surface area (TPSA) is 53.6 Å². The number of rotatable bonds is 6. The van der Waals surface area contributed by atoms with Crippen molar-refractivity contribution in [1.82, 2.24) is 10.2 Å². The van der Waals surface area contributed by atoms with Gasteiger partial charge in [-0.25, -0.2) is 0 Å². The Morgan fingerprint density at radius 1 is 1.11 bits per heavy atom. The molecule has 0 aromatic rings. The van der Waals surface area contributed by atoms with Crippen molar-refractivity contribution < 1.29 is 0 Å². The molecule has 0 unspecified atom stereocenters. The molecule has 1 aliphatic heterocycles. The van der Waals surface area contributed by atoms with Crippen LogP contribution in [0.3, 0.4) is 0 Å². The van der Waals surface area contributed by atoms with Crippen LogP contribution in [-0.2, 0) is 0 Å². The second kappa shape index (κ2) is 8.41. The Hall–Kier alpha value is -0.770. The molecule has 1 heterocycles. The van der Waals surface area contributed by atoms with E-state index < -0.39 is 0 Å².